The van der Waals surface area contributed by atoms with E-state index in [0.717, 1.165) is 12.8 Å². The van der Waals surface area contributed by atoms with E-state index in [-0.39, 0.29) is 30.8 Å². The number of carbonyl (C=O) groups excluding carboxylic acids is 3. The standard InChI is InChI=1S/C18H20N4O3/c19-12-13-5-3-6-14(11-13)20-15(23)7-4-10-22-16(24)18(21-17(22)25)8-1-2-9-18/h3,5-6,11H,1-2,4,7-10H2,(H,20,23)(H,21,25). The van der Waals surface area contributed by atoms with Crippen molar-refractivity contribution in [1.29, 1.82) is 5.26 Å². The van der Waals surface area contributed by atoms with E-state index in [4.69, 9.17) is 5.26 Å². The highest BCUT2D eigenvalue weighted by Crippen LogP contribution is 2.35. The van der Waals surface area contributed by atoms with Crippen molar-refractivity contribution in [3.63, 3.8) is 0 Å². The van der Waals surface area contributed by atoms with Crippen LogP contribution in [0.15, 0.2) is 24.3 Å². The molecule has 130 valence electrons. The number of benzene rings is 1. The molecule has 0 unspecified atom stereocenters. The van der Waals surface area contributed by atoms with E-state index in [0.29, 0.717) is 30.5 Å². The van der Waals surface area contributed by atoms with Crippen molar-refractivity contribution in [1.82, 2.24) is 10.2 Å². The van der Waals surface area contributed by atoms with Crippen LogP contribution in [0.3, 0.4) is 0 Å². The number of imide groups is 1. The third-order valence-electron chi connectivity index (χ3n) is 4.76. The van der Waals surface area contributed by atoms with Crippen LogP contribution in [0.2, 0.25) is 0 Å². The summed E-state index contributed by atoms with van der Waals surface area (Å²) in [5.74, 6) is -0.366. The van der Waals surface area contributed by atoms with Gasteiger partial charge in [-0.05, 0) is 37.5 Å². The monoisotopic (exact) mass is 340 g/mol. The lowest BCUT2D eigenvalue weighted by atomic mass is 9.98. The Bertz CT molecular complexity index is 747. The van der Waals surface area contributed by atoms with Gasteiger partial charge in [0.05, 0.1) is 11.6 Å². The summed E-state index contributed by atoms with van der Waals surface area (Å²) >= 11 is 0. The average Bonchev–Trinajstić information content (AvgIpc) is 3.15. The molecular weight excluding hydrogens is 320 g/mol. The van der Waals surface area contributed by atoms with Gasteiger partial charge in [-0.25, -0.2) is 4.79 Å². The molecule has 1 aromatic rings. The van der Waals surface area contributed by atoms with Gasteiger partial charge in [0.25, 0.3) is 5.91 Å². The Morgan fingerprint density at radius 3 is 2.80 bits per heavy atom. The smallest absolute Gasteiger partial charge is 0.325 e. The molecule has 2 aliphatic rings. The fraction of sp³-hybridized carbons (Fsp3) is 0.444. The summed E-state index contributed by atoms with van der Waals surface area (Å²) in [5.41, 5.74) is 0.333. The van der Waals surface area contributed by atoms with Crippen molar-refractivity contribution >= 4 is 23.5 Å². The van der Waals surface area contributed by atoms with Crippen LogP contribution in [0.4, 0.5) is 10.5 Å². The fourth-order valence-electron chi connectivity index (χ4n) is 3.48. The number of anilines is 1. The fourth-order valence-corrected chi connectivity index (χ4v) is 3.48. The summed E-state index contributed by atoms with van der Waals surface area (Å²) in [4.78, 5) is 37.8. The first-order valence-electron chi connectivity index (χ1n) is 8.48. The lowest BCUT2D eigenvalue weighted by Crippen LogP contribution is -2.44. The maximum absolute atomic E-state index is 12.5. The second kappa shape index (κ2) is 6.93. The van der Waals surface area contributed by atoms with E-state index in [1.807, 2.05) is 6.07 Å². The molecule has 0 bridgehead atoms. The number of hydrogen-bond donors (Lipinski definition) is 2. The van der Waals surface area contributed by atoms with Crippen molar-refractivity contribution in [3.05, 3.63) is 29.8 Å². The quantitative estimate of drug-likeness (QED) is 0.802. The molecule has 1 aliphatic heterocycles. The Morgan fingerprint density at radius 2 is 2.08 bits per heavy atom. The molecule has 1 aromatic carbocycles. The first-order valence-corrected chi connectivity index (χ1v) is 8.48. The molecule has 0 aromatic heterocycles. The number of nitrogens with one attached hydrogen (secondary N) is 2. The lowest BCUT2D eigenvalue weighted by molar-refractivity contribution is -0.131. The number of nitrogens with zero attached hydrogens (tertiary/aromatic N) is 2. The second-order valence-corrected chi connectivity index (χ2v) is 6.52. The molecule has 3 rings (SSSR count). The molecule has 0 atom stereocenters. The van der Waals surface area contributed by atoms with Gasteiger partial charge in [0.1, 0.15) is 5.54 Å². The Kier molecular flexibility index (Phi) is 4.70. The van der Waals surface area contributed by atoms with Crippen molar-refractivity contribution in [2.24, 2.45) is 0 Å². The van der Waals surface area contributed by atoms with Gasteiger partial charge in [0, 0.05) is 18.7 Å². The highest BCUT2D eigenvalue weighted by Gasteiger charge is 2.51. The van der Waals surface area contributed by atoms with E-state index in [1.165, 1.54) is 4.90 Å². The molecular formula is C18H20N4O3. The van der Waals surface area contributed by atoms with Crippen molar-refractivity contribution in [3.8, 4) is 6.07 Å². The number of carbonyl (C=O) groups is 3. The molecule has 2 N–H and O–H groups in total. The molecule has 7 heteroatoms. The number of urea groups is 1. The predicted octanol–water partition coefficient (Wildman–Crippen LogP) is 2.14. The third kappa shape index (κ3) is 3.48. The molecule has 4 amide bonds. The van der Waals surface area contributed by atoms with Crippen LogP contribution in [0, 0.1) is 11.3 Å². The van der Waals surface area contributed by atoms with Gasteiger partial charge in [-0.1, -0.05) is 18.9 Å². The number of amides is 4. The molecule has 1 heterocycles. The Morgan fingerprint density at radius 1 is 1.32 bits per heavy atom. The highest BCUT2D eigenvalue weighted by atomic mass is 16.2. The van der Waals surface area contributed by atoms with Crippen molar-refractivity contribution in [2.45, 2.75) is 44.1 Å². The number of rotatable bonds is 5. The van der Waals surface area contributed by atoms with Crippen LogP contribution in [0.1, 0.15) is 44.1 Å². The maximum atomic E-state index is 12.5. The summed E-state index contributed by atoms with van der Waals surface area (Å²) in [5, 5.41) is 14.4. The Balaban J connectivity index is 1.49. The zero-order chi connectivity index (χ0) is 17.9. The SMILES string of the molecule is N#Cc1cccc(NC(=O)CCCN2C(=O)NC3(CCCC3)C2=O)c1. The van der Waals surface area contributed by atoms with Gasteiger partial charge in [-0.3, -0.25) is 14.5 Å². The van der Waals surface area contributed by atoms with Crippen LogP contribution in [-0.4, -0.2) is 34.8 Å². The lowest BCUT2D eigenvalue weighted by Gasteiger charge is -2.19. The normalized spacial score (nSPS) is 18.3. The van der Waals surface area contributed by atoms with Gasteiger partial charge < -0.3 is 10.6 Å². The molecule has 1 saturated heterocycles. The molecule has 1 saturated carbocycles. The molecule has 7 nitrogen and oxygen atoms in total. The second-order valence-electron chi connectivity index (χ2n) is 6.52. The van der Waals surface area contributed by atoms with Crippen LogP contribution in [0.25, 0.3) is 0 Å². The molecule has 1 aliphatic carbocycles. The van der Waals surface area contributed by atoms with E-state index >= 15 is 0 Å². The number of nitriles is 1. The first-order chi connectivity index (χ1) is 12.0. The van der Waals surface area contributed by atoms with Crippen LogP contribution in [-0.2, 0) is 9.59 Å². The average molecular weight is 340 g/mol. The first kappa shape index (κ1) is 17.0. The number of hydrogen-bond acceptors (Lipinski definition) is 4. The summed E-state index contributed by atoms with van der Waals surface area (Å²) in [7, 11) is 0. The minimum atomic E-state index is -0.697. The zero-order valence-electron chi connectivity index (χ0n) is 13.9. The molecule has 0 radical (unpaired) electrons. The maximum Gasteiger partial charge on any atom is 0.325 e. The van der Waals surface area contributed by atoms with Crippen LogP contribution in [0.5, 0.6) is 0 Å². The third-order valence-corrected chi connectivity index (χ3v) is 4.76. The van der Waals surface area contributed by atoms with Crippen LogP contribution < -0.4 is 10.6 Å². The Hall–Kier alpha value is -2.88. The van der Waals surface area contributed by atoms with E-state index in [1.54, 1.807) is 24.3 Å². The minimum absolute atomic E-state index is 0.155. The topological polar surface area (TPSA) is 102 Å². The van der Waals surface area contributed by atoms with Gasteiger partial charge in [0.2, 0.25) is 5.91 Å². The molecule has 2 fully saturated rings. The summed E-state index contributed by atoms with van der Waals surface area (Å²) in [6.07, 6.45) is 3.89. The van der Waals surface area contributed by atoms with E-state index in [9.17, 15) is 14.4 Å². The van der Waals surface area contributed by atoms with E-state index in [2.05, 4.69) is 10.6 Å². The largest absolute Gasteiger partial charge is 0.326 e. The van der Waals surface area contributed by atoms with Crippen molar-refractivity contribution in [2.75, 3.05) is 11.9 Å². The minimum Gasteiger partial charge on any atom is -0.326 e. The summed E-state index contributed by atoms with van der Waals surface area (Å²) < 4.78 is 0. The van der Waals surface area contributed by atoms with Crippen LogP contribution >= 0.6 is 0 Å². The van der Waals surface area contributed by atoms with Gasteiger partial charge in [0.15, 0.2) is 0 Å². The van der Waals surface area contributed by atoms with Gasteiger partial charge in [-0.2, -0.15) is 5.26 Å². The zero-order valence-corrected chi connectivity index (χ0v) is 13.9. The summed E-state index contributed by atoms with van der Waals surface area (Å²) in [6.45, 7) is 0.234. The van der Waals surface area contributed by atoms with Crippen molar-refractivity contribution < 1.29 is 14.4 Å². The molecule has 25 heavy (non-hydrogen) atoms. The van der Waals surface area contributed by atoms with E-state index < -0.39 is 5.54 Å². The predicted molar refractivity (Wildman–Crippen MR) is 90.5 cm³/mol. The molecule has 1 spiro atoms. The van der Waals surface area contributed by atoms with Gasteiger partial charge in [-0.15, -0.1) is 0 Å². The Labute approximate surface area is 146 Å². The van der Waals surface area contributed by atoms with Gasteiger partial charge >= 0.3 is 6.03 Å². The summed E-state index contributed by atoms with van der Waals surface area (Å²) in [6, 6.07) is 8.32. The highest BCUT2D eigenvalue weighted by molar-refractivity contribution is 6.07.